The second-order valence-electron chi connectivity index (χ2n) is 5.58. The molecule has 4 nitrogen and oxygen atoms in total. The molecule has 0 N–H and O–H groups in total. The lowest BCUT2D eigenvalue weighted by Crippen LogP contribution is -2.50. The van der Waals surface area contributed by atoms with E-state index in [1.54, 1.807) is 0 Å². The standard InChI is InChI=1S/C11H16N2O2/c1-10(2)5-14-8-9-13(7-12(8)10)11(3,4)6-15-9/h5-6H2,1-4H3. The lowest BCUT2D eigenvalue weighted by Gasteiger charge is -2.18. The SMILES string of the molecule is CC1(C)COc2c3[n+]([c-]n21)C(C)(C)CO3. The molecular formula is C11H16N2O2. The van der Waals surface area contributed by atoms with E-state index < -0.39 is 0 Å². The summed E-state index contributed by atoms with van der Waals surface area (Å²) in [6.07, 6.45) is 3.34. The number of nitrogens with zero attached hydrogens (tertiary/aromatic N) is 2. The van der Waals surface area contributed by atoms with E-state index in [-0.39, 0.29) is 11.1 Å². The van der Waals surface area contributed by atoms with Crippen molar-refractivity contribution in [1.29, 1.82) is 0 Å². The van der Waals surface area contributed by atoms with Crippen LogP contribution in [-0.2, 0) is 11.1 Å². The van der Waals surface area contributed by atoms with Gasteiger partial charge in [0, 0.05) is 0 Å². The highest BCUT2D eigenvalue weighted by atomic mass is 16.5. The molecule has 0 saturated carbocycles. The zero-order valence-electron chi connectivity index (χ0n) is 9.63. The third-order valence-electron chi connectivity index (χ3n) is 3.12. The third kappa shape index (κ3) is 0.994. The van der Waals surface area contributed by atoms with Crippen molar-refractivity contribution in [2.75, 3.05) is 13.2 Å². The van der Waals surface area contributed by atoms with E-state index in [9.17, 15) is 0 Å². The average Bonchev–Trinajstić information content (AvgIpc) is 2.69. The van der Waals surface area contributed by atoms with Crippen LogP contribution in [0.4, 0.5) is 0 Å². The minimum Gasteiger partial charge on any atom is -0.518 e. The van der Waals surface area contributed by atoms with Crippen molar-refractivity contribution in [2.45, 2.75) is 38.8 Å². The molecule has 0 spiro atoms. The molecule has 1 aromatic rings. The molecule has 0 bridgehead atoms. The van der Waals surface area contributed by atoms with Crippen LogP contribution < -0.4 is 14.0 Å². The van der Waals surface area contributed by atoms with Gasteiger partial charge in [-0.15, -0.1) is 0 Å². The molecule has 82 valence electrons. The lowest BCUT2D eigenvalue weighted by atomic mass is 10.1. The maximum Gasteiger partial charge on any atom is 0.210 e. The van der Waals surface area contributed by atoms with Gasteiger partial charge < -0.3 is 18.6 Å². The Labute approximate surface area is 89.4 Å². The molecule has 0 saturated heterocycles. The topological polar surface area (TPSA) is 27.3 Å². The van der Waals surface area contributed by atoms with Crippen molar-refractivity contribution in [3.63, 3.8) is 0 Å². The zero-order valence-corrected chi connectivity index (χ0v) is 9.63. The van der Waals surface area contributed by atoms with Crippen molar-refractivity contribution in [2.24, 2.45) is 0 Å². The summed E-state index contributed by atoms with van der Waals surface area (Å²) < 4.78 is 15.4. The predicted molar refractivity (Wildman–Crippen MR) is 53.1 cm³/mol. The van der Waals surface area contributed by atoms with Gasteiger partial charge in [-0.3, -0.25) is 0 Å². The van der Waals surface area contributed by atoms with Crippen LogP contribution in [0.15, 0.2) is 0 Å². The molecular weight excluding hydrogens is 192 g/mol. The minimum atomic E-state index is -0.0217. The van der Waals surface area contributed by atoms with Crippen LogP contribution in [-0.4, -0.2) is 17.8 Å². The Bertz CT molecular complexity index is 394. The first-order valence-electron chi connectivity index (χ1n) is 5.28. The molecule has 0 radical (unpaired) electrons. The first kappa shape index (κ1) is 9.07. The quantitative estimate of drug-likeness (QED) is 0.466. The van der Waals surface area contributed by atoms with E-state index in [1.165, 1.54) is 0 Å². The summed E-state index contributed by atoms with van der Waals surface area (Å²) in [6.45, 7) is 9.95. The van der Waals surface area contributed by atoms with Gasteiger partial charge >= 0.3 is 0 Å². The Morgan fingerprint density at radius 1 is 1.20 bits per heavy atom. The first-order valence-corrected chi connectivity index (χ1v) is 5.28. The molecule has 0 aliphatic carbocycles. The normalized spacial score (nSPS) is 24.3. The number of aromatic nitrogens is 2. The van der Waals surface area contributed by atoms with Gasteiger partial charge in [0.25, 0.3) is 0 Å². The van der Waals surface area contributed by atoms with Crippen LogP contribution in [0.1, 0.15) is 27.7 Å². The van der Waals surface area contributed by atoms with Gasteiger partial charge in [-0.25, -0.2) is 0 Å². The Kier molecular flexibility index (Phi) is 1.40. The van der Waals surface area contributed by atoms with Crippen molar-refractivity contribution >= 4 is 0 Å². The molecule has 0 unspecified atom stereocenters. The molecule has 0 amide bonds. The second kappa shape index (κ2) is 2.31. The van der Waals surface area contributed by atoms with E-state index in [0.717, 1.165) is 11.8 Å². The highest BCUT2D eigenvalue weighted by Crippen LogP contribution is 2.39. The van der Waals surface area contributed by atoms with E-state index in [4.69, 9.17) is 9.47 Å². The van der Waals surface area contributed by atoms with E-state index in [1.807, 2.05) is 9.13 Å². The largest absolute Gasteiger partial charge is 0.518 e. The van der Waals surface area contributed by atoms with Gasteiger partial charge in [-0.1, -0.05) is 0 Å². The number of ether oxygens (including phenoxy) is 2. The fraction of sp³-hybridized carbons (Fsp3) is 0.727. The molecule has 1 aromatic heterocycles. The lowest BCUT2D eigenvalue weighted by molar-refractivity contribution is -0.742. The molecule has 4 heteroatoms. The van der Waals surface area contributed by atoms with Crippen molar-refractivity contribution < 1.29 is 14.0 Å². The monoisotopic (exact) mass is 208 g/mol. The van der Waals surface area contributed by atoms with E-state index in [2.05, 4.69) is 34.0 Å². The zero-order chi connectivity index (χ0) is 10.8. The molecule has 2 aliphatic rings. The molecule has 3 rings (SSSR count). The summed E-state index contributed by atoms with van der Waals surface area (Å²) in [5, 5.41) is 0. The number of fused-ring (bicyclic) bond motifs is 3. The summed E-state index contributed by atoms with van der Waals surface area (Å²) in [7, 11) is 0. The summed E-state index contributed by atoms with van der Waals surface area (Å²) in [5.41, 5.74) is -0.0434. The van der Waals surface area contributed by atoms with E-state index >= 15 is 0 Å². The van der Waals surface area contributed by atoms with Gasteiger partial charge in [0.15, 0.2) is 0 Å². The van der Waals surface area contributed by atoms with Gasteiger partial charge in [0.05, 0.1) is 0 Å². The summed E-state index contributed by atoms with van der Waals surface area (Å²) >= 11 is 0. The summed E-state index contributed by atoms with van der Waals surface area (Å²) in [4.78, 5) is 0. The maximum atomic E-state index is 5.68. The van der Waals surface area contributed by atoms with Crippen LogP contribution >= 0.6 is 0 Å². The number of imidazole rings is 1. The maximum absolute atomic E-state index is 5.68. The minimum absolute atomic E-state index is 0.0217. The summed E-state index contributed by atoms with van der Waals surface area (Å²) in [5.74, 6) is 1.65. The van der Waals surface area contributed by atoms with Crippen molar-refractivity contribution in [1.82, 2.24) is 4.57 Å². The van der Waals surface area contributed by atoms with Crippen LogP contribution in [0.2, 0.25) is 0 Å². The fourth-order valence-corrected chi connectivity index (χ4v) is 2.07. The van der Waals surface area contributed by atoms with Crippen LogP contribution in [0.5, 0.6) is 11.8 Å². The highest BCUT2D eigenvalue weighted by molar-refractivity contribution is 5.27. The molecule has 15 heavy (non-hydrogen) atoms. The van der Waals surface area contributed by atoms with Crippen LogP contribution in [0.3, 0.4) is 0 Å². The van der Waals surface area contributed by atoms with Crippen molar-refractivity contribution in [3.05, 3.63) is 6.33 Å². The average molecular weight is 208 g/mol. The Balaban J connectivity index is 2.20. The van der Waals surface area contributed by atoms with Crippen LogP contribution in [0.25, 0.3) is 0 Å². The summed E-state index contributed by atoms with van der Waals surface area (Å²) in [6, 6.07) is 0. The third-order valence-corrected chi connectivity index (χ3v) is 3.12. The highest BCUT2D eigenvalue weighted by Gasteiger charge is 2.42. The van der Waals surface area contributed by atoms with Gasteiger partial charge in [-0.05, 0) is 27.7 Å². The number of rotatable bonds is 0. The smallest absolute Gasteiger partial charge is 0.210 e. The predicted octanol–water partition coefficient (Wildman–Crippen LogP) is 0.831. The van der Waals surface area contributed by atoms with Gasteiger partial charge in [0.2, 0.25) is 18.1 Å². The first-order chi connectivity index (χ1) is 6.92. The number of hydrogen-bond acceptors (Lipinski definition) is 2. The van der Waals surface area contributed by atoms with Crippen LogP contribution in [0, 0.1) is 6.33 Å². The molecule has 3 heterocycles. The second-order valence-corrected chi connectivity index (χ2v) is 5.58. The molecule has 2 aliphatic heterocycles. The fourth-order valence-electron chi connectivity index (χ4n) is 2.07. The van der Waals surface area contributed by atoms with Gasteiger partial charge in [0.1, 0.15) is 24.3 Å². The van der Waals surface area contributed by atoms with E-state index in [0.29, 0.717) is 13.2 Å². The number of hydrogen-bond donors (Lipinski definition) is 0. The van der Waals surface area contributed by atoms with Crippen molar-refractivity contribution in [3.8, 4) is 11.8 Å². The molecule has 0 fully saturated rings. The van der Waals surface area contributed by atoms with Gasteiger partial charge in [-0.2, -0.15) is 0 Å². The molecule has 0 aromatic carbocycles. The molecule has 0 atom stereocenters. The Hall–Kier alpha value is -1.19. The Morgan fingerprint density at radius 2 is 1.93 bits per heavy atom. The Morgan fingerprint density at radius 3 is 2.67 bits per heavy atom.